The summed E-state index contributed by atoms with van der Waals surface area (Å²) in [6, 6.07) is 14.7. The monoisotopic (exact) mass is 403 g/mol. The van der Waals surface area contributed by atoms with E-state index in [1.807, 2.05) is 56.3 Å². The summed E-state index contributed by atoms with van der Waals surface area (Å²) >= 11 is 0. The van der Waals surface area contributed by atoms with Crippen LogP contribution in [0.4, 0.5) is 0 Å². The first-order valence-corrected chi connectivity index (χ1v) is 10.0. The van der Waals surface area contributed by atoms with Gasteiger partial charge in [-0.1, -0.05) is 61.5 Å². The van der Waals surface area contributed by atoms with Crippen molar-refractivity contribution in [3.8, 4) is 11.1 Å². The van der Waals surface area contributed by atoms with Crippen LogP contribution in [0.15, 0.2) is 60.7 Å². The molecule has 0 aliphatic rings. The first-order valence-electron chi connectivity index (χ1n) is 10.0. The smallest absolute Gasteiger partial charge is 0.336 e. The summed E-state index contributed by atoms with van der Waals surface area (Å²) in [6.45, 7) is 4.39. The molecule has 0 spiro atoms. The number of hydrogen-bond donors (Lipinski definition) is 1. The van der Waals surface area contributed by atoms with Crippen LogP contribution < -0.4 is 0 Å². The number of ketones is 1. The molecule has 0 atom stereocenters. The quantitative estimate of drug-likeness (QED) is 0.410. The van der Waals surface area contributed by atoms with E-state index in [9.17, 15) is 14.7 Å². The Bertz CT molecular complexity index is 1070. The number of aromatic nitrogens is 3. The van der Waals surface area contributed by atoms with E-state index in [-0.39, 0.29) is 17.2 Å². The predicted octanol–water partition coefficient (Wildman–Crippen LogP) is 4.79. The molecule has 1 heterocycles. The Balaban J connectivity index is 1.86. The van der Waals surface area contributed by atoms with Crippen molar-refractivity contribution in [2.45, 2.75) is 39.7 Å². The highest BCUT2D eigenvalue weighted by atomic mass is 16.4. The van der Waals surface area contributed by atoms with Crippen LogP contribution in [0.25, 0.3) is 11.1 Å². The molecule has 0 radical (unpaired) electrons. The fourth-order valence-electron chi connectivity index (χ4n) is 3.22. The molecule has 0 fully saturated rings. The average Bonchev–Trinajstić information content (AvgIpc) is 3.15. The molecule has 0 bridgehead atoms. The Kier molecular flexibility index (Phi) is 6.91. The highest BCUT2D eigenvalue weighted by molar-refractivity contribution is 5.96. The number of hydrogen-bond acceptors (Lipinski definition) is 4. The van der Waals surface area contributed by atoms with Gasteiger partial charge in [0.1, 0.15) is 5.82 Å². The van der Waals surface area contributed by atoms with E-state index in [0.717, 1.165) is 23.4 Å². The predicted molar refractivity (Wildman–Crippen MR) is 116 cm³/mol. The van der Waals surface area contributed by atoms with E-state index in [1.165, 1.54) is 0 Å². The van der Waals surface area contributed by atoms with E-state index < -0.39 is 5.97 Å². The molecule has 3 aromatic rings. The summed E-state index contributed by atoms with van der Waals surface area (Å²) < 4.78 is 1.77. The summed E-state index contributed by atoms with van der Waals surface area (Å²) in [5.74, 6) is 0.0185. The van der Waals surface area contributed by atoms with Crippen LogP contribution in [0.2, 0.25) is 0 Å². The summed E-state index contributed by atoms with van der Waals surface area (Å²) in [5.41, 5.74) is 2.78. The molecule has 0 saturated heterocycles. The van der Waals surface area contributed by atoms with Gasteiger partial charge in [-0.15, -0.1) is 5.10 Å². The Morgan fingerprint density at radius 1 is 1.10 bits per heavy atom. The second-order valence-electron chi connectivity index (χ2n) is 7.00. The number of rotatable bonds is 9. The fraction of sp³-hybridized carbons (Fsp3) is 0.250. The third-order valence-corrected chi connectivity index (χ3v) is 4.77. The summed E-state index contributed by atoms with van der Waals surface area (Å²) in [7, 11) is 0. The number of benzene rings is 2. The van der Waals surface area contributed by atoms with Gasteiger partial charge in [0.05, 0.1) is 12.1 Å². The third-order valence-electron chi connectivity index (χ3n) is 4.77. The fourth-order valence-corrected chi connectivity index (χ4v) is 3.22. The lowest BCUT2D eigenvalue weighted by Crippen LogP contribution is -2.07. The lowest BCUT2D eigenvalue weighted by atomic mass is 9.99. The summed E-state index contributed by atoms with van der Waals surface area (Å²) in [4.78, 5) is 28.1. The van der Waals surface area contributed by atoms with Crippen LogP contribution >= 0.6 is 0 Å². The lowest BCUT2D eigenvalue weighted by molar-refractivity contribution is 0.0697. The van der Waals surface area contributed by atoms with Gasteiger partial charge in [0.15, 0.2) is 0 Å². The number of carboxylic acid groups (broad SMARTS) is 1. The first kappa shape index (κ1) is 21.2. The van der Waals surface area contributed by atoms with Gasteiger partial charge in [0.25, 0.3) is 0 Å². The van der Waals surface area contributed by atoms with E-state index in [4.69, 9.17) is 0 Å². The normalized spacial score (nSPS) is 11.1. The molecule has 0 amide bonds. The zero-order chi connectivity index (χ0) is 21.5. The van der Waals surface area contributed by atoms with E-state index in [0.29, 0.717) is 24.9 Å². The SMILES string of the molecule is C/C=C/Cc1nc(C(=O)CCC)nn1Cc1ccc(-c2ccccc2C(=O)O)cc1. The van der Waals surface area contributed by atoms with Crippen LogP contribution in [-0.2, 0) is 13.0 Å². The summed E-state index contributed by atoms with van der Waals surface area (Å²) in [6.07, 6.45) is 5.73. The molecular formula is C24H25N3O3. The minimum absolute atomic E-state index is 0.0430. The molecule has 3 rings (SSSR count). The molecule has 1 aromatic heterocycles. The summed E-state index contributed by atoms with van der Waals surface area (Å²) in [5, 5.41) is 13.9. The molecule has 0 unspecified atom stereocenters. The van der Waals surface area contributed by atoms with Gasteiger partial charge in [-0.2, -0.15) is 0 Å². The molecule has 30 heavy (non-hydrogen) atoms. The maximum absolute atomic E-state index is 12.2. The van der Waals surface area contributed by atoms with Crippen molar-refractivity contribution in [2.24, 2.45) is 0 Å². The Labute approximate surface area is 175 Å². The van der Waals surface area contributed by atoms with Crippen molar-refractivity contribution in [3.63, 3.8) is 0 Å². The molecule has 6 nitrogen and oxygen atoms in total. The number of nitrogens with zero attached hydrogens (tertiary/aromatic N) is 3. The molecular weight excluding hydrogens is 378 g/mol. The second kappa shape index (κ2) is 9.78. The highest BCUT2D eigenvalue weighted by Gasteiger charge is 2.16. The number of aromatic carboxylic acids is 1. The lowest BCUT2D eigenvalue weighted by Gasteiger charge is -2.08. The van der Waals surface area contributed by atoms with E-state index in [1.54, 1.807) is 22.9 Å². The van der Waals surface area contributed by atoms with Crippen molar-refractivity contribution in [3.05, 3.63) is 83.5 Å². The number of allylic oxidation sites excluding steroid dienone is 2. The molecule has 6 heteroatoms. The minimum Gasteiger partial charge on any atom is -0.478 e. The number of carbonyl (C=O) groups excluding carboxylic acids is 1. The zero-order valence-corrected chi connectivity index (χ0v) is 17.2. The van der Waals surface area contributed by atoms with Gasteiger partial charge < -0.3 is 5.11 Å². The molecule has 2 aromatic carbocycles. The molecule has 1 N–H and O–H groups in total. The standard InChI is InChI=1S/C24H25N3O3/c1-3-5-11-22-25-23(21(28)8-4-2)26-27(22)16-17-12-14-18(15-13-17)19-9-6-7-10-20(19)24(29)30/h3,5-7,9-10,12-15H,4,8,11,16H2,1-2H3,(H,29,30)/b5-3+. The highest BCUT2D eigenvalue weighted by Crippen LogP contribution is 2.24. The first-order chi connectivity index (χ1) is 14.5. The molecule has 0 saturated carbocycles. The van der Waals surface area contributed by atoms with Gasteiger partial charge in [0.2, 0.25) is 11.6 Å². The van der Waals surface area contributed by atoms with Crippen molar-refractivity contribution in [1.29, 1.82) is 0 Å². The minimum atomic E-state index is -0.949. The molecule has 0 aliphatic heterocycles. The largest absolute Gasteiger partial charge is 0.478 e. The van der Waals surface area contributed by atoms with Gasteiger partial charge in [-0.3, -0.25) is 4.79 Å². The van der Waals surface area contributed by atoms with Crippen LogP contribution in [0, 0.1) is 0 Å². The maximum Gasteiger partial charge on any atom is 0.336 e. The molecule has 0 aliphatic carbocycles. The zero-order valence-electron chi connectivity index (χ0n) is 17.2. The van der Waals surface area contributed by atoms with E-state index >= 15 is 0 Å². The maximum atomic E-state index is 12.2. The van der Waals surface area contributed by atoms with Gasteiger partial charge in [0, 0.05) is 12.8 Å². The van der Waals surface area contributed by atoms with Crippen molar-refractivity contribution in [2.75, 3.05) is 0 Å². The van der Waals surface area contributed by atoms with Crippen molar-refractivity contribution in [1.82, 2.24) is 14.8 Å². The second-order valence-corrected chi connectivity index (χ2v) is 7.00. The Hall–Kier alpha value is -3.54. The van der Waals surface area contributed by atoms with Gasteiger partial charge in [-0.25, -0.2) is 14.5 Å². The number of carboxylic acids is 1. The third kappa shape index (κ3) is 4.89. The van der Waals surface area contributed by atoms with Crippen molar-refractivity contribution >= 4 is 11.8 Å². The Morgan fingerprint density at radius 2 is 1.83 bits per heavy atom. The van der Waals surface area contributed by atoms with E-state index in [2.05, 4.69) is 10.1 Å². The van der Waals surface area contributed by atoms with Gasteiger partial charge >= 0.3 is 5.97 Å². The Morgan fingerprint density at radius 3 is 2.50 bits per heavy atom. The van der Waals surface area contributed by atoms with Gasteiger partial charge in [-0.05, 0) is 36.1 Å². The van der Waals surface area contributed by atoms with Crippen LogP contribution in [0.5, 0.6) is 0 Å². The number of Topliss-reactive ketones (excluding diaryl/α,β-unsaturated/α-hetero) is 1. The topological polar surface area (TPSA) is 85.1 Å². The molecule has 154 valence electrons. The van der Waals surface area contributed by atoms with Crippen LogP contribution in [-0.4, -0.2) is 31.6 Å². The van der Waals surface area contributed by atoms with Crippen LogP contribution in [0.1, 0.15) is 59.1 Å². The van der Waals surface area contributed by atoms with Crippen LogP contribution in [0.3, 0.4) is 0 Å². The van der Waals surface area contributed by atoms with Crippen molar-refractivity contribution < 1.29 is 14.7 Å². The average molecular weight is 403 g/mol. The number of carbonyl (C=O) groups is 2.